The lowest BCUT2D eigenvalue weighted by Crippen LogP contribution is -2.16. The molecule has 0 unspecified atom stereocenters. The molecule has 2 nitrogen and oxygen atoms in total. The second kappa shape index (κ2) is 8.06. The van der Waals surface area contributed by atoms with E-state index in [-0.39, 0.29) is 0 Å². The van der Waals surface area contributed by atoms with Crippen molar-refractivity contribution in [3.63, 3.8) is 0 Å². The van der Waals surface area contributed by atoms with Crippen molar-refractivity contribution >= 4 is 0 Å². The van der Waals surface area contributed by atoms with Crippen LogP contribution in [-0.2, 0) is 6.42 Å². The molecule has 1 rings (SSSR count). The molecule has 0 aliphatic carbocycles. The topological polar surface area (TPSA) is 40.5 Å². The first-order valence-corrected chi connectivity index (χ1v) is 6.66. The van der Waals surface area contributed by atoms with Crippen molar-refractivity contribution in [3.05, 3.63) is 48.0 Å². The molecule has 0 fully saturated rings. The third kappa shape index (κ3) is 6.58. The Morgan fingerprint density at radius 3 is 2.33 bits per heavy atom. The third-order valence-electron chi connectivity index (χ3n) is 2.84. The van der Waals surface area contributed by atoms with Crippen LogP contribution < -0.4 is 0 Å². The Kier molecular flexibility index (Phi) is 6.69. The van der Waals surface area contributed by atoms with E-state index in [1.54, 1.807) is 6.08 Å². The fraction of sp³-hybridized carbons (Fsp3) is 0.500. The molecule has 2 atom stereocenters. The summed E-state index contributed by atoms with van der Waals surface area (Å²) in [6, 6.07) is 10.1. The summed E-state index contributed by atoms with van der Waals surface area (Å²) >= 11 is 0. The zero-order valence-electron chi connectivity index (χ0n) is 11.3. The summed E-state index contributed by atoms with van der Waals surface area (Å²) in [5, 5.41) is 19.6. The monoisotopic (exact) mass is 248 g/mol. The maximum atomic E-state index is 9.85. The van der Waals surface area contributed by atoms with Gasteiger partial charge in [0.25, 0.3) is 0 Å². The molecule has 0 radical (unpaired) electrons. The van der Waals surface area contributed by atoms with Gasteiger partial charge in [-0.3, -0.25) is 0 Å². The highest BCUT2D eigenvalue weighted by Gasteiger charge is 2.09. The van der Waals surface area contributed by atoms with E-state index in [0.717, 1.165) is 6.42 Å². The van der Waals surface area contributed by atoms with Gasteiger partial charge in [0.1, 0.15) is 0 Å². The number of hydrogen-bond acceptors (Lipinski definition) is 2. The zero-order chi connectivity index (χ0) is 13.4. The van der Waals surface area contributed by atoms with E-state index >= 15 is 0 Å². The Hall–Kier alpha value is -1.12. The number of rotatable bonds is 7. The van der Waals surface area contributed by atoms with Gasteiger partial charge in [0.2, 0.25) is 0 Å². The van der Waals surface area contributed by atoms with E-state index in [4.69, 9.17) is 0 Å². The predicted molar refractivity (Wildman–Crippen MR) is 75.4 cm³/mol. The second-order valence-corrected chi connectivity index (χ2v) is 5.11. The highest BCUT2D eigenvalue weighted by molar-refractivity contribution is 5.14. The number of aliphatic hydroxyl groups excluding tert-OH is 2. The first-order valence-electron chi connectivity index (χ1n) is 6.66. The van der Waals surface area contributed by atoms with Crippen molar-refractivity contribution in [3.8, 4) is 0 Å². The molecule has 18 heavy (non-hydrogen) atoms. The van der Waals surface area contributed by atoms with Crippen LogP contribution in [0.2, 0.25) is 0 Å². The van der Waals surface area contributed by atoms with Crippen molar-refractivity contribution in [2.24, 2.45) is 5.92 Å². The molecule has 0 bridgehead atoms. The summed E-state index contributed by atoms with van der Waals surface area (Å²) in [7, 11) is 0. The van der Waals surface area contributed by atoms with Crippen LogP contribution in [0, 0.1) is 5.92 Å². The molecule has 2 N–H and O–H groups in total. The molecular weight excluding hydrogens is 224 g/mol. The standard InChI is InChI=1S/C16H24O2/c1-13(2)8-10-15(17)12-16(18)11-9-14-6-4-3-5-7-14/h3-8,10,13,15-18H,9,11-12H2,1-2H3/b10-8+/t15-,16-/m0/s1. The average Bonchev–Trinajstić information content (AvgIpc) is 2.35. The van der Waals surface area contributed by atoms with Crippen molar-refractivity contribution in [2.75, 3.05) is 0 Å². The molecule has 2 heteroatoms. The molecule has 0 aromatic heterocycles. The van der Waals surface area contributed by atoms with E-state index in [1.165, 1.54) is 5.56 Å². The zero-order valence-corrected chi connectivity index (χ0v) is 11.3. The molecular formula is C16H24O2. The van der Waals surface area contributed by atoms with E-state index in [2.05, 4.69) is 26.0 Å². The van der Waals surface area contributed by atoms with Crippen molar-refractivity contribution < 1.29 is 10.2 Å². The SMILES string of the molecule is CC(C)/C=C/[C@H](O)C[C@@H](O)CCc1ccccc1. The molecule has 100 valence electrons. The summed E-state index contributed by atoms with van der Waals surface area (Å²) in [6.07, 6.45) is 4.70. The van der Waals surface area contributed by atoms with Gasteiger partial charge in [-0.15, -0.1) is 0 Å². The molecule has 0 saturated heterocycles. The van der Waals surface area contributed by atoms with Gasteiger partial charge in [0.15, 0.2) is 0 Å². The Morgan fingerprint density at radius 2 is 1.72 bits per heavy atom. The van der Waals surface area contributed by atoms with Crippen LogP contribution in [0.3, 0.4) is 0 Å². The molecule has 0 spiro atoms. The van der Waals surface area contributed by atoms with Gasteiger partial charge >= 0.3 is 0 Å². The molecule has 0 heterocycles. The lowest BCUT2D eigenvalue weighted by Gasteiger charge is -2.13. The molecule has 1 aromatic carbocycles. The Balaban J connectivity index is 2.27. The lowest BCUT2D eigenvalue weighted by atomic mass is 10.0. The van der Waals surface area contributed by atoms with E-state index in [1.807, 2.05) is 24.3 Å². The number of allylic oxidation sites excluding steroid dienone is 1. The van der Waals surface area contributed by atoms with Crippen LogP contribution >= 0.6 is 0 Å². The highest BCUT2D eigenvalue weighted by Crippen LogP contribution is 2.10. The largest absolute Gasteiger partial charge is 0.393 e. The smallest absolute Gasteiger partial charge is 0.0745 e. The first-order chi connectivity index (χ1) is 8.58. The van der Waals surface area contributed by atoms with Gasteiger partial charge in [0.05, 0.1) is 12.2 Å². The van der Waals surface area contributed by atoms with Gasteiger partial charge in [-0.1, -0.05) is 56.3 Å². The number of hydrogen-bond donors (Lipinski definition) is 2. The van der Waals surface area contributed by atoms with E-state index < -0.39 is 12.2 Å². The maximum Gasteiger partial charge on any atom is 0.0745 e. The van der Waals surface area contributed by atoms with Crippen LogP contribution in [0.4, 0.5) is 0 Å². The fourth-order valence-corrected chi connectivity index (χ4v) is 1.80. The summed E-state index contributed by atoms with van der Waals surface area (Å²) in [6.45, 7) is 4.13. The second-order valence-electron chi connectivity index (χ2n) is 5.11. The molecule has 0 amide bonds. The van der Waals surface area contributed by atoms with E-state index in [0.29, 0.717) is 18.8 Å². The van der Waals surface area contributed by atoms with Gasteiger partial charge < -0.3 is 10.2 Å². The summed E-state index contributed by atoms with van der Waals surface area (Å²) in [5.41, 5.74) is 1.23. The van der Waals surface area contributed by atoms with E-state index in [9.17, 15) is 10.2 Å². The summed E-state index contributed by atoms with van der Waals surface area (Å²) < 4.78 is 0. The summed E-state index contributed by atoms with van der Waals surface area (Å²) in [5.74, 6) is 0.432. The first kappa shape index (κ1) is 14.9. The Bertz CT molecular complexity index is 343. The Morgan fingerprint density at radius 1 is 1.06 bits per heavy atom. The van der Waals surface area contributed by atoms with Crippen LogP contribution in [0.5, 0.6) is 0 Å². The van der Waals surface area contributed by atoms with Crippen molar-refractivity contribution in [2.45, 2.75) is 45.3 Å². The number of benzene rings is 1. The summed E-state index contributed by atoms with van der Waals surface area (Å²) in [4.78, 5) is 0. The normalized spacial score (nSPS) is 15.2. The minimum atomic E-state index is -0.543. The van der Waals surface area contributed by atoms with Crippen LogP contribution in [0.25, 0.3) is 0 Å². The molecule has 0 saturated carbocycles. The molecule has 1 aromatic rings. The maximum absolute atomic E-state index is 9.85. The Labute approximate surface area is 110 Å². The van der Waals surface area contributed by atoms with Gasteiger partial charge in [-0.05, 0) is 24.3 Å². The van der Waals surface area contributed by atoms with Crippen LogP contribution in [0.1, 0.15) is 32.3 Å². The minimum absolute atomic E-state index is 0.413. The lowest BCUT2D eigenvalue weighted by molar-refractivity contribution is 0.0978. The molecule has 0 aliphatic rings. The van der Waals surface area contributed by atoms with Crippen molar-refractivity contribution in [1.82, 2.24) is 0 Å². The van der Waals surface area contributed by atoms with Gasteiger partial charge in [0, 0.05) is 6.42 Å². The number of aliphatic hydroxyl groups is 2. The van der Waals surface area contributed by atoms with Crippen LogP contribution in [-0.4, -0.2) is 22.4 Å². The number of aryl methyl sites for hydroxylation is 1. The van der Waals surface area contributed by atoms with Gasteiger partial charge in [-0.25, -0.2) is 0 Å². The average molecular weight is 248 g/mol. The molecule has 0 aliphatic heterocycles. The van der Waals surface area contributed by atoms with Crippen LogP contribution in [0.15, 0.2) is 42.5 Å². The fourth-order valence-electron chi connectivity index (χ4n) is 1.80. The van der Waals surface area contributed by atoms with Crippen molar-refractivity contribution in [1.29, 1.82) is 0 Å². The predicted octanol–water partition coefficient (Wildman–Crippen LogP) is 2.94. The van der Waals surface area contributed by atoms with Gasteiger partial charge in [-0.2, -0.15) is 0 Å². The third-order valence-corrected chi connectivity index (χ3v) is 2.84. The minimum Gasteiger partial charge on any atom is -0.393 e. The highest BCUT2D eigenvalue weighted by atomic mass is 16.3. The quantitative estimate of drug-likeness (QED) is 0.728.